The number of hydrogen-bond donors (Lipinski definition) is 0. The van der Waals surface area contributed by atoms with Crippen LogP contribution in [0.15, 0.2) is 12.2 Å². The fraction of sp³-hybridized carbons (Fsp3) is 0.833. The van der Waals surface area contributed by atoms with Gasteiger partial charge in [-0.05, 0) is 50.7 Å². The van der Waals surface area contributed by atoms with Gasteiger partial charge in [0.15, 0.2) is 8.32 Å². The van der Waals surface area contributed by atoms with Crippen molar-refractivity contribution in [1.82, 2.24) is 0 Å². The molecule has 21 heavy (non-hydrogen) atoms. The van der Waals surface area contributed by atoms with E-state index in [2.05, 4.69) is 52.9 Å². The molecule has 0 saturated carbocycles. The van der Waals surface area contributed by atoms with E-state index in [1.807, 2.05) is 0 Å². The lowest BCUT2D eigenvalue weighted by molar-refractivity contribution is -0.117. The molecular weight excluding hydrogens is 276 g/mol. The largest absolute Gasteiger partial charge is 0.413 e. The van der Waals surface area contributed by atoms with Crippen molar-refractivity contribution in [2.45, 2.75) is 91.0 Å². The van der Waals surface area contributed by atoms with Gasteiger partial charge in [0.25, 0.3) is 0 Å². The zero-order valence-electron chi connectivity index (χ0n) is 15.1. The average Bonchev–Trinajstić information content (AvgIpc) is 2.33. The number of carbonyl (C=O) groups excluding carboxylic acids is 1. The second-order valence-corrected chi connectivity index (χ2v) is 13.2. The van der Waals surface area contributed by atoms with Gasteiger partial charge >= 0.3 is 0 Å². The lowest BCUT2D eigenvalue weighted by Crippen LogP contribution is -2.48. The molecule has 1 rings (SSSR count). The summed E-state index contributed by atoms with van der Waals surface area (Å²) in [6.07, 6.45) is 9.85. The third-order valence-electron chi connectivity index (χ3n) is 5.32. The van der Waals surface area contributed by atoms with Crippen LogP contribution >= 0.6 is 0 Å². The van der Waals surface area contributed by atoms with E-state index in [0.29, 0.717) is 6.42 Å². The summed E-state index contributed by atoms with van der Waals surface area (Å²) in [6, 6.07) is 0. The first-order valence-electron chi connectivity index (χ1n) is 8.33. The minimum Gasteiger partial charge on any atom is -0.413 e. The van der Waals surface area contributed by atoms with Crippen LogP contribution in [0.5, 0.6) is 0 Å². The Morgan fingerprint density at radius 2 is 2.00 bits per heavy atom. The molecule has 0 aromatic carbocycles. The van der Waals surface area contributed by atoms with Crippen LogP contribution in [0.25, 0.3) is 0 Å². The molecule has 0 saturated heterocycles. The molecule has 1 aliphatic carbocycles. The Hall–Kier alpha value is -0.413. The molecule has 0 heterocycles. The van der Waals surface area contributed by atoms with Crippen molar-refractivity contribution in [1.29, 1.82) is 0 Å². The highest BCUT2D eigenvalue weighted by atomic mass is 28.4. The van der Waals surface area contributed by atoms with E-state index < -0.39 is 8.32 Å². The summed E-state index contributed by atoms with van der Waals surface area (Å²) in [7, 11) is -1.82. The Morgan fingerprint density at radius 1 is 1.38 bits per heavy atom. The van der Waals surface area contributed by atoms with E-state index in [4.69, 9.17) is 4.43 Å². The molecule has 0 aliphatic heterocycles. The quantitative estimate of drug-likeness (QED) is 0.479. The minimum absolute atomic E-state index is 0.0865. The maximum absolute atomic E-state index is 11.4. The summed E-state index contributed by atoms with van der Waals surface area (Å²) in [5.74, 6) is 0.266. The van der Waals surface area contributed by atoms with Crippen molar-refractivity contribution in [3.8, 4) is 0 Å². The molecule has 0 unspecified atom stereocenters. The van der Waals surface area contributed by atoms with Crippen molar-refractivity contribution in [2.24, 2.45) is 5.41 Å². The highest BCUT2D eigenvalue weighted by Gasteiger charge is 2.43. The SMILES string of the molecule is CC(=O)CC[C@H](O[Si](C)(C)C(C)(C)C)[C@]1(C)C=CCCC1. The first-order valence-corrected chi connectivity index (χ1v) is 11.2. The third-order valence-corrected chi connectivity index (χ3v) is 9.81. The third kappa shape index (κ3) is 5.06. The predicted octanol–water partition coefficient (Wildman–Crippen LogP) is 5.49. The number of carbonyl (C=O) groups is 1. The van der Waals surface area contributed by atoms with Gasteiger partial charge in [0, 0.05) is 11.8 Å². The molecule has 122 valence electrons. The number of hydrogen-bond acceptors (Lipinski definition) is 2. The van der Waals surface area contributed by atoms with Crippen LogP contribution in [-0.4, -0.2) is 20.2 Å². The first-order chi connectivity index (χ1) is 9.48. The van der Waals surface area contributed by atoms with E-state index in [1.165, 1.54) is 19.3 Å². The lowest BCUT2D eigenvalue weighted by atomic mass is 9.75. The molecule has 3 heteroatoms. The van der Waals surface area contributed by atoms with Gasteiger partial charge in [-0.3, -0.25) is 0 Å². The molecule has 0 aromatic rings. The molecule has 0 fully saturated rings. The molecule has 0 amide bonds. The Balaban J connectivity index is 2.94. The van der Waals surface area contributed by atoms with E-state index in [0.717, 1.165) is 6.42 Å². The fourth-order valence-electron chi connectivity index (χ4n) is 2.70. The summed E-state index contributed by atoms with van der Waals surface area (Å²) in [4.78, 5) is 11.4. The topological polar surface area (TPSA) is 26.3 Å². The zero-order valence-corrected chi connectivity index (χ0v) is 16.1. The number of ketones is 1. The summed E-state index contributed by atoms with van der Waals surface area (Å²) >= 11 is 0. The van der Waals surface area contributed by atoms with Gasteiger partial charge in [-0.2, -0.15) is 0 Å². The fourth-order valence-corrected chi connectivity index (χ4v) is 4.15. The van der Waals surface area contributed by atoms with E-state index in [9.17, 15) is 4.79 Å². The van der Waals surface area contributed by atoms with Crippen LogP contribution in [0.2, 0.25) is 18.1 Å². The summed E-state index contributed by atoms with van der Waals surface area (Å²) in [5.41, 5.74) is 0.0865. The Kier molecular flexibility index (Phi) is 6.02. The highest BCUT2D eigenvalue weighted by molar-refractivity contribution is 6.74. The first kappa shape index (κ1) is 18.6. The highest BCUT2D eigenvalue weighted by Crippen LogP contribution is 2.43. The van der Waals surface area contributed by atoms with Crippen molar-refractivity contribution in [2.75, 3.05) is 0 Å². The second-order valence-electron chi connectivity index (χ2n) is 8.41. The second kappa shape index (κ2) is 6.78. The van der Waals surface area contributed by atoms with Gasteiger partial charge in [0.1, 0.15) is 5.78 Å². The van der Waals surface area contributed by atoms with Crippen LogP contribution in [0, 0.1) is 5.41 Å². The van der Waals surface area contributed by atoms with E-state index in [-0.39, 0.29) is 22.3 Å². The Morgan fingerprint density at radius 3 is 2.43 bits per heavy atom. The van der Waals surface area contributed by atoms with E-state index >= 15 is 0 Å². The molecule has 1 aliphatic rings. The smallest absolute Gasteiger partial charge is 0.192 e. The number of rotatable bonds is 6. The number of Topliss-reactive ketones (excluding diaryl/α,β-unsaturated/α-hetero) is 1. The summed E-state index contributed by atoms with van der Waals surface area (Å²) < 4.78 is 6.73. The van der Waals surface area contributed by atoms with Crippen molar-refractivity contribution in [3.63, 3.8) is 0 Å². The van der Waals surface area contributed by atoms with Crippen LogP contribution in [-0.2, 0) is 9.22 Å². The zero-order chi connectivity index (χ0) is 16.3. The summed E-state index contributed by atoms with van der Waals surface area (Å²) in [6.45, 7) is 15.4. The van der Waals surface area contributed by atoms with Crippen molar-refractivity contribution >= 4 is 14.1 Å². The van der Waals surface area contributed by atoms with Gasteiger partial charge in [-0.1, -0.05) is 39.8 Å². The van der Waals surface area contributed by atoms with Crippen molar-refractivity contribution < 1.29 is 9.22 Å². The molecule has 0 N–H and O–H groups in total. The Bertz CT molecular complexity index is 393. The van der Waals surface area contributed by atoms with Gasteiger partial charge in [0.05, 0.1) is 6.10 Å². The molecular formula is C18H34O2Si. The van der Waals surface area contributed by atoms with Crippen LogP contribution in [0.3, 0.4) is 0 Å². The molecule has 0 aromatic heterocycles. The summed E-state index contributed by atoms with van der Waals surface area (Å²) in [5, 5.41) is 0.205. The standard InChI is InChI=1S/C18H34O2Si/c1-15(19)11-12-16(18(5)13-9-8-10-14-18)20-21(6,7)17(2,3)4/h9,13,16H,8,10-12,14H2,1-7H3/t16-,18+/m0/s1. The molecule has 0 radical (unpaired) electrons. The van der Waals surface area contributed by atoms with Gasteiger partial charge < -0.3 is 9.22 Å². The van der Waals surface area contributed by atoms with Gasteiger partial charge in [0.2, 0.25) is 0 Å². The molecule has 2 atom stereocenters. The van der Waals surface area contributed by atoms with Crippen LogP contribution < -0.4 is 0 Å². The monoisotopic (exact) mass is 310 g/mol. The molecule has 0 spiro atoms. The van der Waals surface area contributed by atoms with Gasteiger partial charge in [-0.25, -0.2) is 0 Å². The maximum Gasteiger partial charge on any atom is 0.192 e. The predicted molar refractivity (Wildman–Crippen MR) is 93.1 cm³/mol. The number of allylic oxidation sites excluding steroid dienone is 1. The van der Waals surface area contributed by atoms with Crippen LogP contribution in [0.1, 0.15) is 66.7 Å². The van der Waals surface area contributed by atoms with Crippen molar-refractivity contribution in [3.05, 3.63) is 12.2 Å². The maximum atomic E-state index is 11.4. The minimum atomic E-state index is -1.82. The average molecular weight is 311 g/mol. The van der Waals surface area contributed by atoms with E-state index in [1.54, 1.807) is 6.92 Å². The van der Waals surface area contributed by atoms with Gasteiger partial charge in [-0.15, -0.1) is 0 Å². The van der Waals surface area contributed by atoms with Crippen LogP contribution in [0.4, 0.5) is 0 Å². The molecule has 0 bridgehead atoms. The molecule has 2 nitrogen and oxygen atoms in total. The normalized spacial score (nSPS) is 24.9. The Labute approximate surface area is 132 Å². The lowest BCUT2D eigenvalue weighted by Gasteiger charge is -2.45.